The average Bonchev–Trinajstić information content (AvgIpc) is 3.00. The van der Waals surface area contributed by atoms with Gasteiger partial charge in [-0.25, -0.2) is 13.8 Å². The van der Waals surface area contributed by atoms with Gasteiger partial charge < -0.3 is 10.1 Å². The SMILES string of the molecule is CCOc1ccccc1N(CC(=O)N/N=C(/C)c1ccc(NC(=O)c2ccccc2)cc1)S(=O)(=O)c1ccc(C)cc1. The molecule has 0 saturated carbocycles. The molecule has 0 unspecified atom stereocenters. The minimum Gasteiger partial charge on any atom is -0.492 e. The van der Waals surface area contributed by atoms with E-state index in [1.807, 2.05) is 13.0 Å². The fourth-order valence-corrected chi connectivity index (χ4v) is 5.47. The van der Waals surface area contributed by atoms with Crippen LogP contribution in [0.4, 0.5) is 11.4 Å². The first kappa shape index (κ1) is 30.0. The number of hydrogen-bond acceptors (Lipinski definition) is 6. The van der Waals surface area contributed by atoms with E-state index in [1.165, 1.54) is 12.1 Å². The maximum atomic E-state index is 13.7. The lowest BCUT2D eigenvalue weighted by molar-refractivity contribution is -0.119. The lowest BCUT2D eigenvalue weighted by atomic mass is 10.1. The van der Waals surface area contributed by atoms with E-state index in [0.29, 0.717) is 34.9 Å². The fraction of sp³-hybridized carbons (Fsp3) is 0.156. The van der Waals surface area contributed by atoms with Gasteiger partial charge in [-0.15, -0.1) is 0 Å². The quantitative estimate of drug-likeness (QED) is 0.181. The molecular formula is C32H32N4O5S. The number of para-hydroxylation sites is 2. The number of carbonyl (C=O) groups is 2. The van der Waals surface area contributed by atoms with Crippen LogP contribution >= 0.6 is 0 Å². The summed E-state index contributed by atoms with van der Waals surface area (Å²) < 4.78 is 34.1. The Morgan fingerprint density at radius 1 is 0.833 bits per heavy atom. The number of anilines is 2. The third-order valence-corrected chi connectivity index (χ3v) is 8.05. The third kappa shape index (κ3) is 7.41. The number of hydrogen-bond donors (Lipinski definition) is 2. The van der Waals surface area contributed by atoms with Crippen molar-refractivity contribution in [3.8, 4) is 5.75 Å². The van der Waals surface area contributed by atoms with E-state index in [-0.39, 0.29) is 16.5 Å². The molecule has 0 saturated heterocycles. The van der Waals surface area contributed by atoms with Crippen LogP contribution in [-0.4, -0.2) is 39.1 Å². The van der Waals surface area contributed by atoms with Crippen molar-refractivity contribution >= 4 is 38.9 Å². The molecule has 0 spiro atoms. The maximum Gasteiger partial charge on any atom is 0.264 e. The zero-order chi connectivity index (χ0) is 30.1. The minimum absolute atomic E-state index is 0.0475. The number of sulfonamides is 1. The molecule has 9 nitrogen and oxygen atoms in total. The van der Waals surface area contributed by atoms with Gasteiger partial charge in [0.15, 0.2) is 0 Å². The lowest BCUT2D eigenvalue weighted by Crippen LogP contribution is -2.40. The van der Waals surface area contributed by atoms with Crippen LogP contribution in [0.5, 0.6) is 5.75 Å². The highest BCUT2D eigenvalue weighted by molar-refractivity contribution is 7.92. The molecule has 4 aromatic rings. The van der Waals surface area contributed by atoms with Crippen LogP contribution < -0.4 is 19.8 Å². The van der Waals surface area contributed by atoms with Crippen molar-refractivity contribution in [2.75, 3.05) is 22.8 Å². The second kappa shape index (κ2) is 13.6. The second-order valence-corrected chi connectivity index (χ2v) is 11.2. The summed E-state index contributed by atoms with van der Waals surface area (Å²) in [6, 6.07) is 29.0. The van der Waals surface area contributed by atoms with Crippen LogP contribution in [0.2, 0.25) is 0 Å². The van der Waals surface area contributed by atoms with Gasteiger partial charge in [0.1, 0.15) is 12.3 Å². The van der Waals surface area contributed by atoms with Crippen LogP contribution in [0.15, 0.2) is 113 Å². The van der Waals surface area contributed by atoms with Crippen LogP contribution in [0.1, 0.15) is 35.3 Å². The first-order chi connectivity index (χ1) is 20.2. The van der Waals surface area contributed by atoms with Crippen LogP contribution in [0.3, 0.4) is 0 Å². The molecule has 4 rings (SSSR count). The maximum absolute atomic E-state index is 13.7. The van der Waals surface area contributed by atoms with E-state index in [2.05, 4.69) is 15.8 Å². The van der Waals surface area contributed by atoms with Crippen molar-refractivity contribution in [1.29, 1.82) is 0 Å². The first-order valence-corrected chi connectivity index (χ1v) is 14.7. The van der Waals surface area contributed by atoms with Crippen LogP contribution in [0.25, 0.3) is 0 Å². The Hall–Kier alpha value is -4.96. The number of amides is 2. The molecule has 0 bridgehead atoms. The Bertz CT molecular complexity index is 1670. The fourth-order valence-electron chi connectivity index (χ4n) is 4.04. The van der Waals surface area contributed by atoms with E-state index in [0.717, 1.165) is 9.87 Å². The molecule has 0 atom stereocenters. The number of nitrogens with zero attached hydrogens (tertiary/aromatic N) is 2. The van der Waals surface area contributed by atoms with Gasteiger partial charge in [-0.3, -0.25) is 13.9 Å². The summed E-state index contributed by atoms with van der Waals surface area (Å²) in [5.41, 5.74) is 5.96. The molecule has 0 heterocycles. The summed E-state index contributed by atoms with van der Waals surface area (Å²) in [7, 11) is -4.12. The number of nitrogens with one attached hydrogen (secondary N) is 2. The van der Waals surface area contributed by atoms with Crippen molar-refractivity contribution in [3.63, 3.8) is 0 Å². The van der Waals surface area contributed by atoms with Crippen LogP contribution in [0, 0.1) is 6.92 Å². The summed E-state index contributed by atoms with van der Waals surface area (Å²) in [6.45, 7) is 5.16. The second-order valence-electron chi connectivity index (χ2n) is 9.36. The lowest BCUT2D eigenvalue weighted by Gasteiger charge is -2.25. The number of aryl methyl sites for hydroxylation is 1. The highest BCUT2D eigenvalue weighted by Gasteiger charge is 2.29. The van der Waals surface area contributed by atoms with Crippen molar-refractivity contribution in [1.82, 2.24) is 5.43 Å². The highest BCUT2D eigenvalue weighted by atomic mass is 32.2. The molecule has 216 valence electrons. The topological polar surface area (TPSA) is 117 Å². The predicted octanol–water partition coefficient (Wildman–Crippen LogP) is 5.38. The van der Waals surface area contributed by atoms with E-state index in [4.69, 9.17) is 4.74 Å². The smallest absolute Gasteiger partial charge is 0.264 e. The van der Waals surface area contributed by atoms with E-state index >= 15 is 0 Å². The Morgan fingerprint density at radius 2 is 1.48 bits per heavy atom. The first-order valence-electron chi connectivity index (χ1n) is 13.3. The van der Waals surface area contributed by atoms with Gasteiger partial charge in [0.05, 0.1) is 22.9 Å². The van der Waals surface area contributed by atoms with Crippen molar-refractivity contribution in [3.05, 3.63) is 120 Å². The van der Waals surface area contributed by atoms with Gasteiger partial charge in [-0.2, -0.15) is 5.10 Å². The zero-order valence-corrected chi connectivity index (χ0v) is 24.4. The molecule has 2 N–H and O–H groups in total. The summed E-state index contributed by atoms with van der Waals surface area (Å²) >= 11 is 0. The third-order valence-electron chi connectivity index (χ3n) is 6.27. The number of benzene rings is 4. The van der Waals surface area contributed by atoms with E-state index in [1.54, 1.807) is 98.8 Å². The molecule has 2 amide bonds. The van der Waals surface area contributed by atoms with Gasteiger partial charge in [-0.05, 0) is 74.9 Å². The van der Waals surface area contributed by atoms with Crippen molar-refractivity contribution in [2.45, 2.75) is 25.7 Å². The number of ether oxygens (including phenoxy) is 1. The molecule has 10 heteroatoms. The Kier molecular flexibility index (Phi) is 9.72. The predicted molar refractivity (Wildman–Crippen MR) is 165 cm³/mol. The van der Waals surface area contributed by atoms with E-state index < -0.39 is 22.5 Å². The number of hydrazone groups is 1. The summed E-state index contributed by atoms with van der Waals surface area (Å²) in [5.74, 6) is -0.525. The normalized spacial score (nSPS) is 11.5. The molecule has 0 fully saturated rings. The summed E-state index contributed by atoms with van der Waals surface area (Å²) in [6.07, 6.45) is 0. The van der Waals surface area contributed by atoms with Gasteiger partial charge in [0.2, 0.25) is 0 Å². The summed E-state index contributed by atoms with van der Waals surface area (Å²) in [4.78, 5) is 25.5. The largest absolute Gasteiger partial charge is 0.492 e. The molecule has 0 aliphatic rings. The van der Waals surface area contributed by atoms with Crippen molar-refractivity contribution in [2.24, 2.45) is 5.10 Å². The molecular weight excluding hydrogens is 552 g/mol. The number of carbonyl (C=O) groups excluding carboxylic acids is 2. The minimum atomic E-state index is -4.12. The monoisotopic (exact) mass is 584 g/mol. The standard InChI is InChI=1S/C32H32N4O5S/c1-4-41-30-13-9-8-12-29(30)36(42(39,40)28-20-14-23(2)15-21-28)22-31(37)35-34-24(3)25-16-18-27(19-17-25)33-32(38)26-10-6-5-7-11-26/h5-21H,4,22H2,1-3H3,(H,33,38)(H,35,37)/b34-24-. The molecule has 4 aromatic carbocycles. The number of rotatable bonds is 11. The van der Waals surface area contributed by atoms with Gasteiger partial charge in [0, 0.05) is 11.3 Å². The average molecular weight is 585 g/mol. The molecule has 0 radical (unpaired) electrons. The Morgan fingerprint density at radius 3 is 2.14 bits per heavy atom. The van der Waals surface area contributed by atoms with Gasteiger partial charge in [-0.1, -0.05) is 60.2 Å². The van der Waals surface area contributed by atoms with Crippen molar-refractivity contribution < 1.29 is 22.7 Å². The van der Waals surface area contributed by atoms with E-state index in [9.17, 15) is 18.0 Å². The molecule has 0 aliphatic carbocycles. The van der Waals surface area contributed by atoms with Crippen LogP contribution in [-0.2, 0) is 14.8 Å². The van der Waals surface area contributed by atoms with Gasteiger partial charge in [0.25, 0.3) is 21.8 Å². The zero-order valence-electron chi connectivity index (χ0n) is 23.6. The molecule has 0 aromatic heterocycles. The molecule has 0 aliphatic heterocycles. The Labute approximate surface area is 245 Å². The summed E-state index contributed by atoms with van der Waals surface area (Å²) in [5, 5.41) is 7.02. The van der Waals surface area contributed by atoms with Gasteiger partial charge >= 0.3 is 0 Å². The highest BCUT2D eigenvalue weighted by Crippen LogP contribution is 2.32. The molecule has 42 heavy (non-hydrogen) atoms. The Balaban J connectivity index is 1.50.